The van der Waals surface area contributed by atoms with Crippen LogP contribution in [0.2, 0.25) is 0 Å². The maximum Gasteiger partial charge on any atom is 0.246 e. The van der Waals surface area contributed by atoms with Crippen molar-refractivity contribution in [2.45, 2.75) is 31.8 Å². The van der Waals surface area contributed by atoms with E-state index in [2.05, 4.69) is 21.2 Å². The zero-order valence-electron chi connectivity index (χ0n) is 11.7. The fraction of sp³-hybridized carbons (Fsp3) is 0.467. The Hall–Kier alpha value is -1.43. The number of hydrogen-bond acceptors (Lipinski definition) is 2. The Morgan fingerprint density at radius 1 is 1.43 bits per heavy atom. The number of benzene rings is 1. The van der Waals surface area contributed by atoms with E-state index >= 15 is 0 Å². The number of carbonyl (C=O) groups excluding carboxylic acids is 2. The molecule has 1 aromatic rings. The summed E-state index contributed by atoms with van der Waals surface area (Å²) in [5, 5.41) is 2.65. The van der Waals surface area contributed by atoms with Gasteiger partial charge in [-0.3, -0.25) is 9.59 Å². The molecule has 2 aliphatic rings. The molecule has 0 aromatic heterocycles. The summed E-state index contributed by atoms with van der Waals surface area (Å²) >= 11 is 3.21. The molecule has 0 spiro atoms. The maximum atomic E-state index is 14.0. The molecule has 0 radical (unpaired) electrons. The number of carbonyl (C=O) groups is 2. The average Bonchev–Trinajstić information content (AvgIpc) is 3.26. The Balaban J connectivity index is 1.93. The Morgan fingerprint density at radius 2 is 2.14 bits per heavy atom. The lowest BCUT2D eigenvalue weighted by molar-refractivity contribution is -0.155. The fourth-order valence-corrected chi connectivity index (χ4v) is 3.27. The van der Waals surface area contributed by atoms with Gasteiger partial charge in [-0.2, -0.15) is 0 Å². The zero-order chi connectivity index (χ0) is 15.2. The SMILES string of the molecule is CC1(C2CC2)C(=O)NCC(=O)N1Cc1ccc(Br)cc1F. The van der Waals surface area contributed by atoms with E-state index in [1.165, 1.54) is 11.0 Å². The molecule has 6 heteroatoms. The van der Waals surface area contributed by atoms with Gasteiger partial charge in [0.1, 0.15) is 11.4 Å². The van der Waals surface area contributed by atoms with Crippen LogP contribution >= 0.6 is 15.9 Å². The molecule has 2 amide bonds. The number of hydrogen-bond donors (Lipinski definition) is 1. The second kappa shape index (κ2) is 5.09. The number of piperazine rings is 1. The van der Waals surface area contributed by atoms with E-state index in [4.69, 9.17) is 0 Å². The van der Waals surface area contributed by atoms with Crippen LogP contribution in [0.5, 0.6) is 0 Å². The lowest BCUT2D eigenvalue weighted by Crippen LogP contribution is -2.66. The molecule has 1 aliphatic heterocycles. The first-order chi connectivity index (χ1) is 9.92. The van der Waals surface area contributed by atoms with Crippen molar-refractivity contribution >= 4 is 27.7 Å². The molecule has 1 N–H and O–H groups in total. The van der Waals surface area contributed by atoms with Gasteiger partial charge in [-0.15, -0.1) is 0 Å². The summed E-state index contributed by atoms with van der Waals surface area (Å²) in [5.74, 6) is -0.505. The molecule has 3 rings (SSSR count). The van der Waals surface area contributed by atoms with Gasteiger partial charge in [0, 0.05) is 16.6 Å². The summed E-state index contributed by atoms with van der Waals surface area (Å²) in [7, 11) is 0. The smallest absolute Gasteiger partial charge is 0.246 e. The molecule has 0 bridgehead atoms. The fourth-order valence-electron chi connectivity index (χ4n) is 2.94. The first-order valence-corrected chi connectivity index (χ1v) is 7.75. The minimum atomic E-state index is -0.866. The van der Waals surface area contributed by atoms with E-state index < -0.39 is 5.54 Å². The second-order valence-corrected chi connectivity index (χ2v) is 6.74. The molecule has 1 saturated heterocycles. The molecule has 21 heavy (non-hydrogen) atoms. The van der Waals surface area contributed by atoms with Crippen LogP contribution in [-0.2, 0) is 16.1 Å². The van der Waals surface area contributed by atoms with E-state index in [1.807, 2.05) is 0 Å². The molecule has 4 nitrogen and oxygen atoms in total. The molecular weight excluding hydrogens is 339 g/mol. The predicted molar refractivity (Wildman–Crippen MR) is 78.8 cm³/mol. The predicted octanol–water partition coefficient (Wildman–Crippen LogP) is 2.22. The van der Waals surface area contributed by atoms with Crippen molar-refractivity contribution in [1.29, 1.82) is 0 Å². The van der Waals surface area contributed by atoms with Crippen LogP contribution in [0.1, 0.15) is 25.3 Å². The molecule has 1 heterocycles. The third-order valence-electron chi connectivity index (χ3n) is 4.44. The highest BCUT2D eigenvalue weighted by molar-refractivity contribution is 9.10. The third kappa shape index (κ3) is 2.46. The standard InChI is InChI=1S/C15H16BrFN2O2/c1-15(10-3-4-10)14(21)18-7-13(20)19(15)8-9-2-5-11(16)6-12(9)17/h2,5-6,10H,3-4,7-8H2,1H3,(H,18,21). The highest BCUT2D eigenvalue weighted by Crippen LogP contribution is 2.44. The summed E-state index contributed by atoms with van der Waals surface area (Å²) in [6.07, 6.45) is 1.85. The number of halogens is 2. The van der Waals surface area contributed by atoms with E-state index in [0.29, 0.717) is 10.0 Å². The van der Waals surface area contributed by atoms with Crippen molar-refractivity contribution < 1.29 is 14.0 Å². The third-order valence-corrected chi connectivity index (χ3v) is 4.93. The lowest BCUT2D eigenvalue weighted by atomic mass is 9.89. The van der Waals surface area contributed by atoms with Crippen molar-refractivity contribution in [2.75, 3.05) is 6.54 Å². The Morgan fingerprint density at radius 3 is 2.76 bits per heavy atom. The molecule has 2 fully saturated rings. The zero-order valence-corrected chi connectivity index (χ0v) is 13.2. The Labute approximate surface area is 130 Å². The normalized spacial score (nSPS) is 26.0. The average molecular weight is 355 g/mol. The van der Waals surface area contributed by atoms with E-state index in [1.54, 1.807) is 19.1 Å². The van der Waals surface area contributed by atoms with Gasteiger partial charge in [-0.05, 0) is 37.8 Å². The first-order valence-electron chi connectivity index (χ1n) is 6.95. The highest BCUT2D eigenvalue weighted by atomic mass is 79.9. The summed E-state index contributed by atoms with van der Waals surface area (Å²) in [5.41, 5.74) is -0.442. The van der Waals surface area contributed by atoms with Gasteiger partial charge in [0.25, 0.3) is 0 Å². The van der Waals surface area contributed by atoms with Crippen LogP contribution in [0.4, 0.5) is 4.39 Å². The van der Waals surface area contributed by atoms with Crippen LogP contribution in [0.25, 0.3) is 0 Å². The molecule has 1 atom stereocenters. The Kier molecular flexibility index (Phi) is 3.51. The quantitative estimate of drug-likeness (QED) is 0.904. The first kappa shape index (κ1) is 14.5. The summed E-state index contributed by atoms with van der Waals surface area (Å²) in [6.45, 7) is 1.89. The van der Waals surface area contributed by atoms with Crippen molar-refractivity contribution in [1.82, 2.24) is 10.2 Å². The van der Waals surface area contributed by atoms with Crippen molar-refractivity contribution in [3.05, 3.63) is 34.1 Å². The largest absolute Gasteiger partial charge is 0.345 e. The van der Waals surface area contributed by atoms with Crippen LogP contribution in [0.3, 0.4) is 0 Å². The minimum absolute atomic E-state index is 0.0146. The summed E-state index contributed by atoms with van der Waals surface area (Å²) in [4.78, 5) is 26.1. The minimum Gasteiger partial charge on any atom is -0.345 e. The van der Waals surface area contributed by atoms with Crippen LogP contribution < -0.4 is 5.32 Å². The van der Waals surface area contributed by atoms with Crippen molar-refractivity contribution in [3.63, 3.8) is 0 Å². The lowest BCUT2D eigenvalue weighted by Gasteiger charge is -2.44. The second-order valence-electron chi connectivity index (χ2n) is 5.82. The Bertz CT molecular complexity index is 618. The monoisotopic (exact) mass is 354 g/mol. The summed E-state index contributed by atoms with van der Waals surface area (Å²) in [6, 6.07) is 4.76. The van der Waals surface area contributed by atoms with E-state index in [9.17, 15) is 14.0 Å². The molecule has 1 unspecified atom stereocenters. The molecular formula is C15H16BrFN2O2. The van der Waals surface area contributed by atoms with Gasteiger partial charge < -0.3 is 10.2 Å². The number of amides is 2. The van der Waals surface area contributed by atoms with Gasteiger partial charge >= 0.3 is 0 Å². The van der Waals surface area contributed by atoms with Crippen molar-refractivity contribution in [2.24, 2.45) is 5.92 Å². The highest BCUT2D eigenvalue weighted by Gasteiger charge is 2.54. The topological polar surface area (TPSA) is 49.4 Å². The summed E-state index contributed by atoms with van der Waals surface area (Å²) < 4.78 is 14.7. The molecule has 1 aliphatic carbocycles. The van der Waals surface area contributed by atoms with E-state index in [0.717, 1.165) is 12.8 Å². The van der Waals surface area contributed by atoms with Gasteiger partial charge in [0.15, 0.2) is 0 Å². The maximum absolute atomic E-state index is 14.0. The van der Waals surface area contributed by atoms with Crippen LogP contribution in [0, 0.1) is 11.7 Å². The number of nitrogens with zero attached hydrogens (tertiary/aromatic N) is 1. The van der Waals surface area contributed by atoms with Gasteiger partial charge in [-0.1, -0.05) is 22.0 Å². The molecule has 1 saturated carbocycles. The number of rotatable bonds is 3. The molecule has 112 valence electrons. The number of nitrogens with one attached hydrogen (secondary N) is 1. The van der Waals surface area contributed by atoms with Gasteiger partial charge in [-0.25, -0.2) is 4.39 Å². The van der Waals surface area contributed by atoms with Crippen LogP contribution in [0.15, 0.2) is 22.7 Å². The van der Waals surface area contributed by atoms with Crippen LogP contribution in [-0.4, -0.2) is 28.8 Å². The van der Waals surface area contributed by atoms with Crippen molar-refractivity contribution in [3.8, 4) is 0 Å². The molecule has 1 aromatic carbocycles. The van der Waals surface area contributed by atoms with Gasteiger partial charge in [0.2, 0.25) is 11.8 Å². The van der Waals surface area contributed by atoms with Gasteiger partial charge in [0.05, 0.1) is 6.54 Å². The van der Waals surface area contributed by atoms with E-state index in [-0.39, 0.29) is 36.6 Å².